The molecule has 1 aliphatic rings. The van der Waals surface area contributed by atoms with Crippen molar-refractivity contribution in [3.63, 3.8) is 0 Å². The fraction of sp³-hybridized carbons (Fsp3) is 0.200. The topological polar surface area (TPSA) is 67.2 Å². The highest BCUT2D eigenvalue weighted by atomic mass is 16.2. The van der Waals surface area contributed by atoms with E-state index in [0.29, 0.717) is 19.6 Å². The first-order valence-electron chi connectivity index (χ1n) is 10.8. The summed E-state index contributed by atoms with van der Waals surface area (Å²) in [5, 5.41) is 4.22. The quantitative estimate of drug-likeness (QED) is 0.492. The Labute approximate surface area is 187 Å². The lowest BCUT2D eigenvalue weighted by molar-refractivity contribution is 0.0746. The molecular formula is C25H24N6O. The summed E-state index contributed by atoms with van der Waals surface area (Å²) in [6.07, 6.45) is 5.49. The second-order valence-electron chi connectivity index (χ2n) is 7.78. The van der Waals surface area contributed by atoms with Crippen LogP contribution in [0, 0.1) is 0 Å². The van der Waals surface area contributed by atoms with Crippen LogP contribution in [0.4, 0.5) is 5.82 Å². The average molecular weight is 425 g/mol. The van der Waals surface area contributed by atoms with Crippen molar-refractivity contribution < 1.29 is 4.79 Å². The van der Waals surface area contributed by atoms with Gasteiger partial charge in [0.2, 0.25) is 0 Å². The van der Waals surface area contributed by atoms with Gasteiger partial charge in [0.05, 0.1) is 6.54 Å². The molecule has 0 N–H and O–H groups in total. The first-order chi connectivity index (χ1) is 15.8. The summed E-state index contributed by atoms with van der Waals surface area (Å²) in [5.41, 5.74) is 2.84. The van der Waals surface area contributed by atoms with Crippen molar-refractivity contribution in [1.82, 2.24) is 24.6 Å². The summed E-state index contributed by atoms with van der Waals surface area (Å²) in [6.45, 7) is 3.52. The van der Waals surface area contributed by atoms with Crippen molar-refractivity contribution in [2.75, 3.05) is 31.1 Å². The summed E-state index contributed by atoms with van der Waals surface area (Å²) in [6, 6.07) is 21.6. The number of hydrogen-bond donors (Lipinski definition) is 0. The molecule has 4 aromatic rings. The summed E-state index contributed by atoms with van der Waals surface area (Å²) in [7, 11) is 0. The van der Waals surface area contributed by atoms with E-state index in [1.54, 1.807) is 12.4 Å². The van der Waals surface area contributed by atoms with Crippen molar-refractivity contribution in [3.8, 4) is 11.4 Å². The molecule has 2 aromatic heterocycles. The summed E-state index contributed by atoms with van der Waals surface area (Å²) >= 11 is 0. The third kappa shape index (κ3) is 4.37. The SMILES string of the molecule is O=C(c1ccc(Cn2cccn2)cc1)N1CCN(c2ccnc(-c3ccccc3)n2)CC1. The number of carbonyl (C=O) groups is 1. The van der Waals surface area contributed by atoms with Gasteiger partial charge >= 0.3 is 0 Å². The molecule has 0 saturated carbocycles. The smallest absolute Gasteiger partial charge is 0.253 e. The molecule has 5 rings (SSSR count). The van der Waals surface area contributed by atoms with Crippen LogP contribution < -0.4 is 4.90 Å². The molecular weight excluding hydrogens is 400 g/mol. The number of rotatable bonds is 5. The van der Waals surface area contributed by atoms with E-state index in [2.05, 4.69) is 15.0 Å². The van der Waals surface area contributed by atoms with Crippen LogP contribution in [0.3, 0.4) is 0 Å². The molecule has 3 heterocycles. The molecule has 0 spiro atoms. The van der Waals surface area contributed by atoms with Crippen molar-refractivity contribution >= 4 is 11.7 Å². The molecule has 1 fully saturated rings. The molecule has 160 valence electrons. The lowest BCUT2D eigenvalue weighted by Gasteiger charge is -2.35. The maximum absolute atomic E-state index is 13.0. The molecule has 0 unspecified atom stereocenters. The lowest BCUT2D eigenvalue weighted by Crippen LogP contribution is -2.49. The Morgan fingerprint density at radius 1 is 0.844 bits per heavy atom. The number of benzene rings is 2. The first kappa shape index (κ1) is 19.9. The van der Waals surface area contributed by atoms with Crippen LogP contribution in [-0.2, 0) is 6.54 Å². The number of aromatic nitrogens is 4. The van der Waals surface area contributed by atoms with Gasteiger partial charge in [0.15, 0.2) is 5.82 Å². The minimum atomic E-state index is 0.0722. The highest BCUT2D eigenvalue weighted by molar-refractivity contribution is 5.94. The van der Waals surface area contributed by atoms with Gasteiger partial charge < -0.3 is 9.80 Å². The molecule has 32 heavy (non-hydrogen) atoms. The Hall–Kier alpha value is -4.00. The molecule has 2 aromatic carbocycles. The third-order valence-corrected chi connectivity index (χ3v) is 5.67. The molecule has 0 aliphatic carbocycles. The van der Waals surface area contributed by atoms with Crippen molar-refractivity contribution in [3.05, 3.63) is 96.4 Å². The molecule has 0 atom stereocenters. The van der Waals surface area contributed by atoms with Crippen LogP contribution in [-0.4, -0.2) is 56.7 Å². The first-order valence-corrected chi connectivity index (χ1v) is 10.8. The maximum Gasteiger partial charge on any atom is 0.253 e. The number of hydrogen-bond acceptors (Lipinski definition) is 5. The Balaban J connectivity index is 1.21. The van der Waals surface area contributed by atoms with Crippen molar-refractivity contribution in [1.29, 1.82) is 0 Å². The molecule has 0 bridgehead atoms. The van der Waals surface area contributed by atoms with Crippen LogP contribution in [0.25, 0.3) is 11.4 Å². The number of piperazine rings is 1. The third-order valence-electron chi connectivity index (χ3n) is 5.67. The zero-order chi connectivity index (χ0) is 21.8. The second-order valence-corrected chi connectivity index (χ2v) is 7.78. The molecule has 1 aliphatic heterocycles. The van der Waals surface area contributed by atoms with E-state index in [-0.39, 0.29) is 5.91 Å². The predicted molar refractivity (Wildman–Crippen MR) is 123 cm³/mol. The minimum Gasteiger partial charge on any atom is -0.353 e. The van der Waals surface area contributed by atoms with Crippen molar-refractivity contribution in [2.24, 2.45) is 0 Å². The second kappa shape index (κ2) is 9.01. The predicted octanol–water partition coefficient (Wildman–Crippen LogP) is 3.35. The summed E-state index contributed by atoms with van der Waals surface area (Å²) < 4.78 is 1.87. The highest BCUT2D eigenvalue weighted by Gasteiger charge is 2.23. The molecule has 1 amide bonds. The van der Waals surface area contributed by atoms with Gasteiger partial charge in [-0.05, 0) is 29.8 Å². The van der Waals surface area contributed by atoms with Crippen LogP contribution in [0.1, 0.15) is 15.9 Å². The molecule has 7 nitrogen and oxygen atoms in total. The van der Waals surface area contributed by atoms with E-state index in [9.17, 15) is 4.79 Å². The van der Waals surface area contributed by atoms with Crippen LogP contribution in [0.2, 0.25) is 0 Å². The largest absolute Gasteiger partial charge is 0.353 e. The molecule has 0 radical (unpaired) electrons. The zero-order valence-electron chi connectivity index (χ0n) is 17.7. The van der Waals surface area contributed by atoms with Crippen LogP contribution in [0.15, 0.2) is 85.3 Å². The van der Waals surface area contributed by atoms with E-state index < -0.39 is 0 Å². The van der Waals surface area contributed by atoms with E-state index in [1.165, 1.54) is 0 Å². The van der Waals surface area contributed by atoms with Crippen LogP contribution in [0.5, 0.6) is 0 Å². The fourth-order valence-electron chi connectivity index (χ4n) is 3.91. The van der Waals surface area contributed by atoms with Gasteiger partial charge in [-0.1, -0.05) is 42.5 Å². The van der Waals surface area contributed by atoms with Gasteiger partial charge in [0.25, 0.3) is 5.91 Å². The standard InChI is InChI=1S/C25H24N6O/c32-25(22-9-7-20(8-10-22)19-31-14-4-12-27-31)30-17-15-29(16-18-30)23-11-13-26-24(28-23)21-5-2-1-3-6-21/h1-14H,15-19H2. The molecule has 1 saturated heterocycles. The normalized spacial score (nSPS) is 13.9. The van der Waals surface area contributed by atoms with Gasteiger partial charge in [0, 0.05) is 55.9 Å². The molecule has 7 heteroatoms. The Morgan fingerprint density at radius 3 is 2.34 bits per heavy atom. The Bertz CT molecular complexity index is 1170. The zero-order valence-corrected chi connectivity index (χ0v) is 17.7. The van der Waals surface area contributed by atoms with Crippen molar-refractivity contribution in [2.45, 2.75) is 6.54 Å². The lowest BCUT2D eigenvalue weighted by atomic mass is 10.1. The number of amides is 1. The van der Waals surface area contributed by atoms with E-state index in [1.807, 2.05) is 82.5 Å². The summed E-state index contributed by atoms with van der Waals surface area (Å²) in [4.78, 5) is 26.3. The maximum atomic E-state index is 13.0. The number of nitrogens with zero attached hydrogens (tertiary/aromatic N) is 6. The minimum absolute atomic E-state index is 0.0722. The number of anilines is 1. The Kier molecular flexibility index (Phi) is 5.61. The van der Waals surface area contributed by atoms with Gasteiger partial charge in [-0.25, -0.2) is 9.97 Å². The van der Waals surface area contributed by atoms with Gasteiger partial charge in [-0.15, -0.1) is 0 Å². The summed E-state index contributed by atoms with van der Waals surface area (Å²) in [5.74, 6) is 1.69. The van der Waals surface area contributed by atoms with Gasteiger partial charge in [-0.3, -0.25) is 9.48 Å². The Morgan fingerprint density at radius 2 is 1.62 bits per heavy atom. The van der Waals surface area contributed by atoms with E-state index >= 15 is 0 Å². The van der Waals surface area contributed by atoms with E-state index in [0.717, 1.165) is 41.4 Å². The average Bonchev–Trinajstić information content (AvgIpc) is 3.38. The number of carbonyl (C=O) groups excluding carboxylic acids is 1. The van der Waals surface area contributed by atoms with Gasteiger partial charge in [-0.2, -0.15) is 5.10 Å². The highest BCUT2D eigenvalue weighted by Crippen LogP contribution is 2.20. The van der Waals surface area contributed by atoms with Gasteiger partial charge in [0.1, 0.15) is 5.82 Å². The fourth-order valence-corrected chi connectivity index (χ4v) is 3.91. The monoisotopic (exact) mass is 424 g/mol. The van der Waals surface area contributed by atoms with E-state index in [4.69, 9.17) is 4.98 Å². The van der Waals surface area contributed by atoms with Crippen LogP contribution >= 0.6 is 0 Å².